The number of fused-ring (bicyclic) bond motifs is 3. The summed E-state index contributed by atoms with van der Waals surface area (Å²) in [5.74, 6) is 1.25. The number of alkyl halides is 3. The Bertz CT molecular complexity index is 1120. The summed E-state index contributed by atoms with van der Waals surface area (Å²) in [6, 6.07) is 10.7. The Kier molecular flexibility index (Phi) is 5.38. The van der Waals surface area contributed by atoms with Crippen molar-refractivity contribution in [2.45, 2.75) is 19.1 Å². The molecule has 0 aliphatic carbocycles. The molecule has 0 unspecified atom stereocenters. The predicted molar refractivity (Wildman–Crippen MR) is 109 cm³/mol. The number of nitrogens with zero attached hydrogens (tertiary/aromatic N) is 5. The number of likely N-dealkylation sites (N-methyl/N-ethyl adjacent to an activating group) is 1. The summed E-state index contributed by atoms with van der Waals surface area (Å²) in [6.45, 7) is 0.915. The van der Waals surface area contributed by atoms with Crippen LogP contribution in [0.25, 0.3) is 5.69 Å². The van der Waals surface area contributed by atoms with Crippen molar-refractivity contribution in [3.63, 3.8) is 0 Å². The van der Waals surface area contributed by atoms with Gasteiger partial charge in [0, 0.05) is 29.1 Å². The summed E-state index contributed by atoms with van der Waals surface area (Å²) >= 11 is 6.36. The zero-order chi connectivity index (χ0) is 21.5. The Morgan fingerprint density at radius 1 is 1.07 bits per heavy atom. The van der Waals surface area contributed by atoms with E-state index in [2.05, 4.69) is 15.2 Å². The molecule has 0 N–H and O–H groups in total. The third-order valence-electron chi connectivity index (χ3n) is 4.91. The van der Waals surface area contributed by atoms with Crippen molar-refractivity contribution in [3.8, 4) is 5.69 Å². The van der Waals surface area contributed by atoms with Crippen molar-refractivity contribution in [2.24, 2.45) is 4.99 Å². The van der Waals surface area contributed by atoms with E-state index in [0.717, 1.165) is 18.7 Å². The van der Waals surface area contributed by atoms with Gasteiger partial charge in [-0.25, -0.2) is 0 Å². The minimum absolute atomic E-state index is 0.186. The van der Waals surface area contributed by atoms with Crippen LogP contribution in [0.5, 0.6) is 0 Å². The monoisotopic (exact) mass is 433 g/mol. The van der Waals surface area contributed by atoms with E-state index < -0.39 is 11.7 Å². The van der Waals surface area contributed by atoms with Crippen molar-refractivity contribution >= 4 is 17.3 Å². The van der Waals surface area contributed by atoms with Gasteiger partial charge in [0.05, 0.1) is 17.0 Å². The van der Waals surface area contributed by atoms with Crippen LogP contribution in [0.3, 0.4) is 0 Å². The Morgan fingerprint density at radius 3 is 2.53 bits per heavy atom. The van der Waals surface area contributed by atoms with E-state index in [4.69, 9.17) is 11.6 Å². The highest BCUT2D eigenvalue weighted by Gasteiger charge is 2.33. The Hall–Kier alpha value is -2.71. The minimum Gasteiger partial charge on any atom is -0.309 e. The number of benzene rings is 2. The molecule has 4 rings (SSSR count). The first kappa shape index (κ1) is 20.6. The molecular weight excluding hydrogens is 415 g/mol. The molecule has 5 nitrogen and oxygen atoms in total. The van der Waals surface area contributed by atoms with Crippen LogP contribution in [0.1, 0.15) is 28.3 Å². The third kappa shape index (κ3) is 3.85. The number of rotatable bonds is 4. The van der Waals surface area contributed by atoms with Gasteiger partial charge in [-0.15, -0.1) is 10.2 Å². The highest BCUT2D eigenvalue weighted by molar-refractivity contribution is 6.35. The van der Waals surface area contributed by atoms with Crippen LogP contribution in [0.15, 0.2) is 47.5 Å². The van der Waals surface area contributed by atoms with E-state index >= 15 is 0 Å². The van der Waals surface area contributed by atoms with Crippen LogP contribution in [0.4, 0.5) is 13.2 Å². The lowest BCUT2D eigenvalue weighted by molar-refractivity contribution is -0.137. The molecule has 2 heterocycles. The maximum Gasteiger partial charge on any atom is 0.416 e. The van der Waals surface area contributed by atoms with E-state index in [0.29, 0.717) is 45.6 Å². The fourth-order valence-electron chi connectivity index (χ4n) is 3.44. The molecule has 156 valence electrons. The average molecular weight is 434 g/mol. The fourth-order valence-corrected chi connectivity index (χ4v) is 3.66. The van der Waals surface area contributed by atoms with Crippen LogP contribution in [-0.2, 0) is 19.1 Å². The topological polar surface area (TPSA) is 46.3 Å². The summed E-state index contributed by atoms with van der Waals surface area (Å²) in [5, 5.41) is 8.93. The van der Waals surface area contributed by atoms with E-state index in [1.165, 1.54) is 6.07 Å². The van der Waals surface area contributed by atoms with Gasteiger partial charge < -0.3 is 4.90 Å². The fraction of sp³-hybridized carbons (Fsp3) is 0.286. The first-order chi connectivity index (χ1) is 14.3. The second-order valence-electron chi connectivity index (χ2n) is 7.30. The smallest absolute Gasteiger partial charge is 0.309 e. The summed E-state index contributed by atoms with van der Waals surface area (Å²) in [6.07, 6.45) is -3.88. The third-order valence-corrected chi connectivity index (χ3v) is 5.24. The van der Waals surface area contributed by atoms with Gasteiger partial charge in [0.15, 0.2) is 5.82 Å². The zero-order valence-electron chi connectivity index (χ0n) is 16.4. The van der Waals surface area contributed by atoms with E-state index in [9.17, 15) is 13.2 Å². The van der Waals surface area contributed by atoms with Gasteiger partial charge in [0.2, 0.25) is 0 Å². The lowest BCUT2D eigenvalue weighted by Gasteiger charge is -2.17. The van der Waals surface area contributed by atoms with E-state index in [1.807, 2.05) is 23.6 Å². The number of hydrogen-bond donors (Lipinski definition) is 0. The van der Waals surface area contributed by atoms with Crippen molar-refractivity contribution < 1.29 is 13.2 Å². The largest absolute Gasteiger partial charge is 0.416 e. The quantitative estimate of drug-likeness (QED) is 0.613. The molecule has 0 atom stereocenters. The molecule has 0 fully saturated rings. The molecule has 0 radical (unpaired) electrons. The zero-order valence-corrected chi connectivity index (χ0v) is 17.2. The second-order valence-corrected chi connectivity index (χ2v) is 7.70. The molecule has 0 saturated carbocycles. The standard InChI is InChI=1S/C21H19ClF3N5/c1-29(2)10-9-18-27-28-19-12-26-20(14-5-3-4-6-16(14)22)15-11-13(21(23,24)25)7-8-17(15)30(18)19/h3-8,11H,9-10,12H2,1-2H3. The van der Waals surface area contributed by atoms with Gasteiger partial charge in [0.25, 0.3) is 0 Å². The van der Waals surface area contributed by atoms with Crippen molar-refractivity contribution in [2.75, 3.05) is 20.6 Å². The lowest BCUT2D eigenvalue weighted by atomic mass is 9.98. The van der Waals surface area contributed by atoms with Gasteiger partial charge in [0.1, 0.15) is 12.4 Å². The van der Waals surface area contributed by atoms with Crippen LogP contribution >= 0.6 is 11.6 Å². The molecule has 1 aliphatic heterocycles. The van der Waals surface area contributed by atoms with Crippen LogP contribution in [0.2, 0.25) is 5.02 Å². The molecule has 0 amide bonds. The molecular formula is C21H19ClF3N5. The van der Waals surface area contributed by atoms with Crippen molar-refractivity contribution in [1.29, 1.82) is 0 Å². The van der Waals surface area contributed by atoms with Gasteiger partial charge >= 0.3 is 6.18 Å². The molecule has 30 heavy (non-hydrogen) atoms. The highest BCUT2D eigenvalue weighted by Crippen LogP contribution is 2.35. The predicted octanol–water partition coefficient (Wildman–Crippen LogP) is 4.39. The molecule has 9 heteroatoms. The maximum atomic E-state index is 13.5. The second kappa shape index (κ2) is 7.85. The summed E-state index contributed by atoms with van der Waals surface area (Å²) < 4.78 is 42.3. The van der Waals surface area contributed by atoms with Crippen LogP contribution in [-0.4, -0.2) is 46.0 Å². The van der Waals surface area contributed by atoms with Crippen LogP contribution < -0.4 is 0 Å². The average Bonchev–Trinajstić information content (AvgIpc) is 3.02. The van der Waals surface area contributed by atoms with Gasteiger partial charge in [-0.05, 0) is 38.4 Å². The Morgan fingerprint density at radius 2 is 1.83 bits per heavy atom. The maximum absolute atomic E-state index is 13.5. The summed E-state index contributed by atoms with van der Waals surface area (Å²) in [7, 11) is 3.89. The van der Waals surface area contributed by atoms with Gasteiger partial charge in [-0.3, -0.25) is 9.56 Å². The Balaban J connectivity index is 1.93. The first-order valence-electron chi connectivity index (χ1n) is 9.35. The Labute approximate surface area is 176 Å². The van der Waals surface area contributed by atoms with Crippen molar-refractivity contribution in [3.05, 3.63) is 75.8 Å². The normalized spacial score (nSPS) is 13.6. The molecule has 0 bridgehead atoms. The molecule has 3 aromatic rings. The number of aromatic nitrogens is 3. The van der Waals surface area contributed by atoms with E-state index in [-0.39, 0.29) is 6.54 Å². The molecule has 1 aliphatic rings. The van der Waals surface area contributed by atoms with Gasteiger partial charge in [-0.1, -0.05) is 29.8 Å². The lowest BCUT2D eigenvalue weighted by Crippen LogP contribution is -2.18. The highest BCUT2D eigenvalue weighted by atomic mass is 35.5. The SMILES string of the molecule is CN(C)CCc1nnc2n1-c1ccc(C(F)(F)F)cc1C(c1ccccc1Cl)=NC2. The first-order valence-corrected chi connectivity index (χ1v) is 9.72. The number of hydrogen-bond acceptors (Lipinski definition) is 4. The van der Waals surface area contributed by atoms with Crippen LogP contribution in [0, 0.1) is 0 Å². The molecule has 2 aromatic carbocycles. The number of aliphatic imine (C=N–C) groups is 1. The van der Waals surface area contributed by atoms with Crippen molar-refractivity contribution in [1.82, 2.24) is 19.7 Å². The minimum atomic E-state index is -4.48. The van der Waals surface area contributed by atoms with Gasteiger partial charge in [-0.2, -0.15) is 13.2 Å². The molecule has 0 saturated heterocycles. The summed E-state index contributed by atoms with van der Waals surface area (Å²) in [5.41, 5.74) is 1.15. The van der Waals surface area contributed by atoms with E-state index in [1.54, 1.807) is 24.3 Å². The molecule has 0 spiro atoms. The summed E-state index contributed by atoms with van der Waals surface area (Å²) in [4.78, 5) is 6.61. The number of halogens is 4. The molecule has 1 aromatic heterocycles.